The summed E-state index contributed by atoms with van der Waals surface area (Å²) in [5, 5.41) is 1.08. The Balaban J connectivity index is 1.27. The molecule has 2 unspecified atom stereocenters. The standard InChI is InChI=1S/C32H33NO3/c1-3-35-32(34)31-27(26-13-6-12-25(30(26)33-31)23-10-5-4-9-20(23)2)14-8-18-36-28-15-7-11-24-21-16-17-22(19-21)29(24)28/h4-7,9-13,15,21-22,33H,3,8,14,16-19H2,1-2H3. The molecule has 4 heteroatoms. The molecule has 2 atom stereocenters. The first-order chi connectivity index (χ1) is 17.7. The zero-order chi connectivity index (χ0) is 24.6. The Labute approximate surface area is 212 Å². The van der Waals surface area contributed by atoms with E-state index >= 15 is 0 Å². The molecule has 2 bridgehead atoms. The predicted molar refractivity (Wildman–Crippen MR) is 144 cm³/mol. The van der Waals surface area contributed by atoms with Crippen molar-refractivity contribution in [1.29, 1.82) is 0 Å². The number of ether oxygens (including phenoxy) is 2. The molecule has 2 aliphatic carbocycles. The second-order valence-corrected chi connectivity index (χ2v) is 10.2. The lowest BCUT2D eigenvalue weighted by molar-refractivity contribution is 0.0519. The number of carbonyl (C=O) groups excluding carboxylic acids is 1. The molecule has 0 saturated heterocycles. The maximum atomic E-state index is 12.9. The highest BCUT2D eigenvalue weighted by molar-refractivity contribution is 6.03. The van der Waals surface area contributed by atoms with E-state index in [9.17, 15) is 4.79 Å². The second kappa shape index (κ2) is 9.50. The molecule has 184 valence electrons. The van der Waals surface area contributed by atoms with Gasteiger partial charge in [0.15, 0.2) is 0 Å². The highest BCUT2D eigenvalue weighted by Crippen LogP contribution is 2.55. The number of carbonyl (C=O) groups is 1. The monoisotopic (exact) mass is 479 g/mol. The third kappa shape index (κ3) is 3.89. The summed E-state index contributed by atoms with van der Waals surface area (Å²) >= 11 is 0. The fourth-order valence-corrected chi connectivity index (χ4v) is 6.45. The van der Waals surface area contributed by atoms with E-state index in [0.29, 0.717) is 24.8 Å². The first-order valence-electron chi connectivity index (χ1n) is 13.3. The molecule has 0 radical (unpaired) electrons. The van der Waals surface area contributed by atoms with Gasteiger partial charge in [0.05, 0.1) is 18.7 Å². The van der Waals surface area contributed by atoms with Crippen LogP contribution < -0.4 is 4.74 Å². The minimum absolute atomic E-state index is 0.294. The molecule has 1 heterocycles. The van der Waals surface area contributed by atoms with Gasteiger partial charge in [-0.05, 0) is 86.1 Å². The minimum Gasteiger partial charge on any atom is -0.493 e. The molecule has 4 nitrogen and oxygen atoms in total. The summed E-state index contributed by atoms with van der Waals surface area (Å²) in [6, 6.07) is 21.2. The van der Waals surface area contributed by atoms with Crippen molar-refractivity contribution >= 4 is 16.9 Å². The van der Waals surface area contributed by atoms with Crippen LogP contribution in [0, 0.1) is 6.92 Å². The van der Waals surface area contributed by atoms with Crippen LogP contribution in [0.2, 0.25) is 0 Å². The van der Waals surface area contributed by atoms with Crippen molar-refractivity contribution < 1.29 is 14.3 Å². The van der Waals surface area contributed by atoms with E-state index in [1.165, 1.54) is 41.5 Å². The highest BCUT2D eigenvalue weighted by atomic mass is 16.5. The van der Waals surface area contributed by atoms with Crippen LogP contribution >= 0.6 is 0 Å². The number of esters is 1. The summed E-state index contributed by atoms with van der Waals surface area (Å²) in [4.78, 5) is 16.4. The Morgan fingerprint density at radius 3 is 2.64 bits per heavy atom. The van der Waals surface area contributed by atoms with Gasteiger partial charge in [0.1, 0.15) is 11.4 Å². The van der Waals surface area contributed by atoms with Gasteiger partial charge in [-0.15, -0.1) is 0 Å². The largest absolute Gasteiger partial charge is 0.493 e. The maximum absolute atomic E-state index is 12.9. The topological polar surface area (TPSA) is 51.3 Å². The Hall–Kier alpha value is -3.53. The van der Waals surface area contributed by atoms with Gasteiger partial charge in [0.2, 0.25) is 0 Å². The average molecular weight is 480 g/mol. The summed E-state index contributed by atoms with van der Waals surface area (Å²) < 4.78 is 11.8. The number of nitrogens with one attached hydrogen (secondary N) is 1. The van der Waals surface area contributed by atoms with Crippen molar-refractivity contribution in [3.63, 3.8) is 0 Å². The number of hydrogen-bond donors (Lipinski definition) is 1. The molecule has 1 aromatic heterocycles. The molecule has 1 N–H and O–H groups in total. The van der Waals surface area contributed by atoms with Crippen molar-refractivity contribution in [2.24, 2.45) is 0 Å². The third-order valence-corrected chi connectivity index (χ3v) is 8.07. The first-order valence-corrected chi connectivity index (χ1v) is 13.3. The molecule has 0 aliphatic heterocycles. The molecule has 1 fully saturated rings. The van der Waals surface area contributed by atoms with Crippen LogP contribution in [0.3, 0.4) is 0 Å². The molecule has 3 aromatic carbocycles. The lowest BCUT2D eigenvalue weighted by Gasteiger charge is -2.19. The summed E-state index contributed by atoms with van der Waals surface area (Å²) in [7, 11) is 0. The lowest BCUT2D eigenvalue weighted by atomic mass is 9.91. The number of aromatic nitrogens is 1. The van der Waals surface area contributed by atoms with E-state index in [-0.39, 0.29) is 5.97 Å². The van der Waals surface area contributed by atoms with Gasteiger partial charge in [-0.2, -0.15) is 0 Å². The first kappa shape index (κ1) is 22.9. The van der Waals surface area contributed by atoms with Crippen LogP contribution in [-0.4, -0.2) is 24.2 Å². The van der Waals surface area contributed by atoms with E-state index in [2.05, 4.69) is 72.6 Å². The number of aromatic amines is 1. The third-order valence-electron chi connectivity index (χ3n) is 8.07. The number of aryl methyl sites for hydroxylation is 2. The Kier molecular flexibility index (Phi) is 6.04. The Morgan fingerprint density at radius 2 is 1.78 bits per heavy atom. The van der Waals surface area contributed by atoms with Gasteiger partial charge >= 0.3 is 5.97 Å². The van der Waals surface area contributed by atoms with Crippen molar-refractivity contribution in [3.8, 4) is 16.9 Å². The lowest BCUT2D eigenvalue weighted by Crippen LogP contribution is -2.09. The Bertz CT molecular complexity index is 1430. The highest BCUT2D eigenvalue weighted by Gasteiger charge is 2.38. The van der Waals surface area contributed by atoms with Crippen molar-refractivity contribution in [2.75, 3.05) is 13.2 Å². The molecule has 36 heavy (non-hydrogen) atoms. The van der Waals surface area contributed by atoms with Gasteiger partial charge in [0.25, 0.3) is 0 Å². The fourth-order valence-electron chi connectivity index (χ4n) is 6.45. The van der Waals surface area contributed by atoms with Crippen LogP contribution in [-0.2, 0) is 11.2 Å². The van der Waals surface area contributed by atoms with Gasteiger partial charge in [-0.3, -0.25) is 0 Å². The number of rotatable bonds is 8. The predicted octanol–water partition coefficient (Wildman–Crippen LogP) is 7.70. The van der Waals surface area contributed by atoms with Gasteiger partial charge < -0.3 is 14.5 Å². The van der Waals surface area contributed by atoms with Crippen LogP contribution in [0.5, 0.6) is 5.75 Å². The summed E-state index contributed by atoms with van der Waals surface area (Å²) in [6.07, 6.45) is 5.47. The molecular weight excluding hydrogens is 446 g/mol. The van der Waals surface area contributed by atoms with E-state index < -0.39 is 0 Å². The number of benzene rings is 3. The van der Waals surface area contributed by atoms with E-state index in [4.69, 9.17) is 9.47 Å². The van der Waals surface area contributed by atoms with Crippen molar-refractivity contribution in [2.45, 2.75) is 57.8 Å². The van der Waals surface area contributed by atoms with Crippen LogP contribution in [0.1, 0.15) is 77.2 Å². The number of para-hydroxylation sites is 1. The van der Waals surface area contributed by atoms with Gasteiger partial charge in [-0.25, -0.2) is 4.79 Å². The smallest absolute Gasteiger partial charge is 0.355 e. The zero-order valence-corrected chi connectivity index (χ0v) is 21.1. The second-order valence-electron chi connectivity index (χ2n) is 10.2. The fraction of sp³-hybridized carbons (Fsp3) is 0.344. The van der Waals surface area contributed by atoms with Crippen LogP contribution in [0.25, 0.3) is 22.0 Å². The van der Waals surface area contributed by atoms with E-state index in [1.54, 1.807) is 0 Å². The summed E-state index contributed by atoms with van der Waals surface area (Å²) in [5.74, 6) is 2.17. The molecular formula is C32H33NO3. The quantitative estimate of drug-likeness (QED) is 0.208. The molecule has 1 saturated carbocycles. The SMILES string of the molecule is CCOC(=O)c1[nH]c2c(-c3ccccc3C)cccc2c1CCCOc1cccc2c1C1CCC2C1. The molecule has 0 spiro atoms. The van der Waals surface area contributed by atoms with E-state index in [1.807, 2.05) is 6.92 Å². The normalized spacial score (nSPS) is 17.9. The minimum atomic E-state index is -0.294. The molecule has 0 amide bonds. The maximum Gasteiger partial charge on any atom is 0.355 e. The number of fused-ring (bicyclic) bond motifs is 6. The van der Waals surface area contributed by atoms with Crippen molar-refractivity contribution in [1.82, 2.24) is 4.98 Å². The van der Waals surface area contributed by atoms with Gasteiger partial charge in [-0.1, -0.05) is 54.6 Å². The molecule has 6 rings (SSSR count). The van der Waals surface area contributed by atoms with Gasteiger partial charge in [0, 0.05) is 16.5 Å². The van der Waals surface area contributed by atoms with Crippen LogP contribution in [0.15, 0.2) is 60.7 Å². The molecule has 4 aromatic rings. The van der Waals surface area contributed by atoms with Crippen molar-refractivity contribution in [3.05, 3.63) is 88.6 Å². The zero-order valence-electron chi connectivity index (χ0n) is 21.1. The number of H-pyrrole nitrogens is 1. The Morgan fingerprint density at radius 1 is 0.972 bits per heavy atom. The molecule has 2 aliphatic rings. The van der Waals surface area contributed by atoms with E-state index in [0.717, 1.165) is 46.5 Å². The van der Waals surface area contributed by atoms with Crippen LogP contribution in [0.4, 0.5) is 0 Å². The number of hydrogen-bond acceptors (Lipinski definition) is 3. The average Bonchev–Trinajstić information content (AvgIpc) is 3.61. The summed E-state index contributed by atoms with van der Waals surface area (Å²) in [5.41, 5.74) is 9.00. The summed E-state index contributed by atoms with van der Waals surface area (Å²) in [6.45, 7) is 4.94.